The number of hydrogen-bond donors (Lipinski definition) is 2. The fourth-order valence-electron chi connectivity index (χ4n) is 1.64. The maximum atomic E-state index is 11.8. The van der Waals surface area contributed by atoms with E-state index in [4.69, 9.17) is 5.11 Å². The third-order valence-corrected chi connectivity index (χ3v) is 3.57. The topological polar surface area (TPSA) is 88.4 Å². The summed E-state index contributed by atoms with van der Waals surface area (Å²) in [4.78, 5) is 33.8. The molecule has 0 aliphatic carbocycles. The molecule has 0 aliphatic rings. The molecule has 104 valence electrons. The van der Waals surface area contributed by atoms with Crippen LogP contribution in [0.15, 0.2) is 34.4 Å². The Morgan fingerprint density at radius 1 is 1.30 bits per heavy atom. The van der Waals surface area contributed by atoms with Crippen molar-refractivity contribution in [2.45, 2.75) is 13.5 Å². The molecule has 1 aromatic heterocycles. The number of thiazole rings is 1. The molecule has 0 atom stereocenters. The molecule has 0 radical (unpaired) electrons. The highest BCUT2D eigenvalue weighted by molar-refractivity contribution is 7.07. The first kappa shape index (κ1) is 14.0. The lowest BCUT2D eigenvalue weighted by atomic mass is 10.2. The number of carboxylic acids is 1. The number of rotatable bonds is 4. The maximum absolute atomic E-state index is 11.8. The Hall–Kier alpha value is -2.41. The van der Waals surface area contributed by atoms with Crippen molar-refractivity contribution in [3.63, 3.8) is 0 Å². The lowest BCUT2D eigenvalue weighted by Crippen LogP contribution is -2.25. The van der Waals surface area contributed by atoms with Crippen molar-refractivity contribution in [3.8, 4) is 0 Å². The Bertz CT molecular complexity index is 700. The molecule has 2 rings (SSSR count). The smallest absolute Gasteiger partial charge is 0.335 e. The molecule has 1 heterocycles. The quantitative estimate of drug-likeness (QED) is 0.895. The summed E-state index contributed by atoms with van der Waals surface area (Å²) in [5.41, 5.74) is 1.37. The van der Waals surface area contributed by atoms with Gasteiger partial charge in [0.25, 0.3) is 0 Å². The average Bonchev–Trinajstić information content (AvgIpc) is 2.71. The lowest BCUT2D eigenvalue weighted by molar-refractivity contribution is -0.116. The number of nitrogens with one attached hydrogen (secondary N) is 1. The number of benzene rings is 1. The van der Waals surface area contributed by atoms with E-state index in [0.29, 0.717) is 5.69 Å². The monoisotopic (exact) mass is 292 g/mol. The van der Waals surface area contributed by atoms with E-state index in [1.807, 2.05) is 0 Å². The normalized spacial score (nSPS) is 10.2. The number of aromatic nitrogens is 1. The molecule has 0 fully saturated rings. The van der Waals surface area contributed by atoms with Gasteiger partial charge in [-0.3, -0.25) is 14.2 Å². The molecule has 0 bridgehead atoms. The van der Waals surface area contributed by atoms with Crippen LogP contribution in [0.2, 0.25) is 0 Å². The van der Waals surface area contributed by atoms with E-state index in [0.717, 1.165) is 17.0 Å². The van der Waals surface area contributed by atoms with Crippen molar-refractivity contribution < 1.29 is 14.7 Å². The SMILES string of the molecule is Cc1csc(=O)n1CC(=O)Nc1ccc(C(=O)O)cc1. The molecule has 2 aromatic rings. The Kier molecular flexibility index (Phi) is 3.99. The zero-order valence-electron chi connectivity index (χ0n) is 10.6. The molecule has 1 aromatic carbocycles. The molecule has 20 heavy (non-hydrogen) atoms. The van der Waals surface area contributed by atoms with Gasteiger partial charge in [-0.2, -0.15) is 0 Å². The summed E-state index contributed by atoms with van der Waals surface area (Å²) in [5.74, 6) is -1.36. The van der Waals surface area contributed by atoms with Gasteiger partial charge < -0.3 is 10.4 Å². The number of nitrogens with zero attached hydrogens (tertiary/aromatic N) is 1. The van der Waals surface area contributed by atoms with Gasteiger partial charge in [0, 0.05) is 16.8 Å². The molecule has 0 aliphatic heterocycles. The molecule has 6 nitrogen and oxygen atoms in total. The van der Waals surface area contributed by atoms with Gasteiger partial charge in [0.1, 0.15) is 6.54 Å². The Morgan fingerprint density at radius 3 is 2.45 bits per heavy atom. The van der Waals surface area contributed by atoms with Gasteiger partial charge in [-0.25, -0.2) is 4.79 Å². The summed E-state index contributed by atoms with van der Waals surface area (Å²) in [6.07, 6.45) is 0. The zero-order valence-corrected chi connectivity index (χ0v) is 11.4. The predicted octanol–water partition coefficient (Wildman–Crippen LogP) is 1.56. The van der Waals surface area contributed by atoms with Crippen LogP contribution >= 0.6 is 11.3 Å². The molecule has 0 unspecified atom stereocenters. The molecule has 0 saturated carbocycles. The Labute approximate surface area is 118 Å². The number of hydrogen-bond acceptors (Lipinski definition) is 4. The largest absolute Gasteiger partial charge is 0.478 e. The first-order chi connectivity index (χ1) is 9.47. The molecular formula is C13H12N2O4S. The molecule has 0 saturated heterocycles. The van der Waals surface area contributed by atoms with Crippen LogP contribution in [0.5, 0.6) is 0 Å². The van der Waals surface area contributed by atoms with E-state index in [2.05, 4.69) is 5.32 Å². The van der Waals surface area contributed by atoms with Crippen LogP contribution < -0.4 is 10.2 Å². The van der Waals surface area contributed by atoms with Crippen LogP contribution in [0.3, 0.4) is 0 Å². The predicted molar refractivity (Wildman–Crippen MR) is 75.3 cm³/mol. The Morgan fingerprint density at radius 2 is 1.95 bits per heavy atom. The molecule has 7 heteroatoms. The van der Waals surface area contributed by atoms with Gasteiger partial charge in [0.15, 0.2) is 0 Å². The summed E-state index contributed by atoms with van der Waals surface area (Å²) in [5, 5.41) is 13.1. The summed E-state index contributed by atoms with van der Waals surface area (Å²) in [7, 11) is 0. The van der Waals surface area contributed by atoms with E-state index in [-0.39, 0.29) is 22.9 Å². The second-order valence-electron chi connectivity index (χ2n) is 4.16. The van der Waals surface area contributed by atoms with Crippen molar-refractivity contribution in [1.29, 1.82) is 0 Å². The van der Waals surface area contributed by atoms with Crippen LogP contribution in [-0.4, -0.2) is 21.6 Å². The first-order valence-electron chi connectivity index (χ1n) is 5.75. The van der Waals surface area contributed by atoms with Gasteiger partial charge >= 0.3 is 10.8 Å². The molecular weight excluding hydrogens is 280 g/mol. The third-order valence-electron chi connectivity index (χ3n) is 2.69. The standard InChI is InChI=1S/C13H12N2O4S/c1-8-7-20-13(19)15(8)6-11(16)14-10-4-2-9(3-5-10)12(17)18/h2-5,7H,6H2,1H3,(H,14,16)(H,17,18). The first-order valence-corrected chi connectivity index (χ1v) is 6.63. The highest BCUT2D eigenvalue weighted by atomic mass is 32.1. The fraction of sp³-hybridized carbons (Fsp3) is 0.154. The summed E-state index contributed by atoms with van der Waals surface area (Å²) < 4.78 is 1.38. The van der Waals surface area contributed by atoms with Crippen LogP contribution in [0.25, 0.3) is 0 Å². The van der Waals surface area contributed by atoms with Crippen LogP contribution in [0.1, 0.15) is 16.1 Å². The number of aromatic carboxylic acids is 1. The molecule has 2 N–H and O–H groups in total. The van der Waals surface area contributed by atoms with Crippen LogP contribution in [-0.2, 0) is 11.3 Å². The number of carbonyl (C=O) groups is 2. The van der Waals surface area contributed by atoms with Crippen molar-refractivity contribution in [1.82, 2.24) is 4.57 Å². The van der Waals surface area contributed by atoms with Crippen molar-refractivity contribution >= 4 is 28.9 Å². The molecule has 1 amide bonds. The van der Waals surface area contributed by atoms with E-state index < -0.39 is 5.97 Å². The van der Waals surface area contributed by atoms with Gasteiger partial charge in [-0.15, -0.1) is 0 Å². The minimum Gasteiger partial charge on any atom is -0.478 e. The van der Waals surface area contributed by atoms with E-state index >= 15 is 0 Å². The number of carboxylic acid groups (broad SMARTS) is 1. The van der Waals surface area contributed by atoms with Crippen molar-refractivity contribution in [2.75, 3.05) is 5.32 Å². The van der Waals surface area contributed by atoms with E-state index in [1.165, 1.54) is 28.8 Å². The van der Waals surface area contributed by atoms with Gasteiger partial charge in [0.05, 0.1) is 5.56 Å². The maximum Gasteiger partial charge on any atom is 0.335 e. The average molecular weight is 292 g/mol. The van der Waals surface area contributed by atoms with Gasteiger partial charge in [-0.05, 0) is 31.2 Å². The second kappa shape index (κ2) is 5.70. The van der Waals surface area contributed by atoms with Crippen LogP contribution in [0.4, 0.5) is 5.69 Å². The summed E-state index contributed by atoms with van der Waals surface area (Å²) in [6.45, 7) is 1.70. The number of anilines is 1. The minimum absolute atomic E-state index is 0.0607. The number of aryl methyl sites for hydroxylation is 1. The fourth-order valence-corrected chi connectivity index (χ4v) is 2.37. The second-order valence-corrected chi connectivity index (χ2v) is 4.98. The van der Waals surface area contributed by atoms with Gasteiger partial charge in [-0.1, -0.05) is 11.3 Å². The summed E-state index contributed by atoms with van der Waals surface area (Å²) >= 11 is 1.05. The van der Waals surface area contributed by atoms with E-state index in [1.54, 1.807) is 12.3 Å². The van der Waals surface area contributed by atoms with Crippen molar-refractivity contribution in [2.24, 2.45) is 0 Å². The summed E-state index contributed by atoms with van der Waals surface area (Å²) in [6, 6.07) is 5.81. The van der Waals surface area contributed by atoms with E-state index in [9.17, 15) is 14.4 Å². The molecule has 0 spiro atoms. The van der Waals surface area contributed by atoms with Gasteiger partial charge in [0.2, 0.25) is 5.91 Å². The van der Waals surface area contributed by atoms with Crippen molar-refractivity contribution in [3.05, 3.63) is 50.6 Å². The highest BCUT2D eigenvalue weighted by Crippen LogP contribution is 2.10. The minimum atomic E-state index is -1.02. The highest BCUT2D eigenvalue weighted by Gasteiger charge is 2.09. The third kappa shape index (κ3) is 3.12. The zero-order chi connectivity index (χ0) is 14.7. The number of amides is 1. The number of carbonyl (C=O) groups excluding carboxylic acids is 1. The van der Waals surface area contributed by atoms with Crippen LogP contribution in [0, 0.1) is 6.92 Å². The Balaban J connectivity index is 2.05. The lowest BCUT2D eigenvalue weighted by Gasteiger charge is -2.07.